The van der Waals surface area contributed by atoms with Crippen LogP contribution in [0.4, 0.5) is 41.6 Å². The van der Waals surface area contributed by atoms with E-state index in [-0.39, 0.29) is 35.2 Å². The van der Waals surface area contributed by atoms with Gasteiger partial charge in [0.25, 0.3) is 0 Å². The summed E-state index contributed by atoms with van der Waals surface area (Å²) in [6.45, 7) is 1.12. The van der Waals surface area contributed by atoms with Crippen LogP contribution in [0.1, 0.15) is 41.6 Å². The zero-order valence-corrected chi connectivity index (χ0v) is 20.4. The van der Waals surface area contributed by atoms with Gasteiger partial charge in [-0.3, -0.25) is 4.90 Å². The quantitative estimate of drug-likeness (QED) is 0.427. The van der Waals surface area contributed by atoms with Gasteiger partial charge in [-0.2, -0.15) is 26.3 Å². The van der Waals surface area contributed by atoms with Crippen molar-refractivity contribution in [2.24, 2.45) is 0 Å². The molecule has 0 fully saturated rings. The van der Waals surface area contributed by atoms with Crippen LogP contribution in [0.15, 0.2) is 30.3 Å². The maximum absolute atomic E-state index is 13.1. The summed E-state index contributed by atoms with van der Waals surface area (Å²) in [5.41, 5.74) is -2.62. The molecule has 2 unspecified atom stereocenters. The molecular weight excluding hydrogens is 526 g/mol. The third-order valence-electron chi connectivity index (χ3n) is 5.95. The fourth-order valence-electron chi connectivity index (χ4n) is 4.22. The van der Waals surface area contributed by atoms with E-state index in [1.165, 1.54) is 26.4 Å². The zero-order chi connectivity index (χ0) is 28.4. The number of halogens is 6. The number of alkyl halides is 6. The molecule has 208 valence electrons. The number of fused-ring (bicyclic) bond motifs is 1. The van der Waals surface area contributed by atoms with E-state index >= 15 is 0 Å². The largest absolute Gasteiger partial charge is 0.493 e. The van der Waals surface area contributed by atoms with E-state index in [0.717, 1.165) is 4.90 Å². The number of alkyl carbamates (subject to hydrolysis) is 1. The number of carboxylic acid groups (broad SMARTS) is 1. The predicted molar refractivity (Wildman–Crippen MR) is 122 cm³/mol. The molecule has 14 heteroatoms. The highest BCUT2D eigenvalue weighted by atomic mass is 19.4. The van der Waals surface area contributed by atoms with Gasteiger partial charge in [0.2, 0.25) is 0 Å². The number of benzene rings is 2. The molecule has 8 nitrogen and oxygen atoms in total. The number of hydrogen-bond acceptors (Lipinski definition) is 5. The lowest BCUT2D eigenvalue weighted by Gasteiger charge is -2.38. The molecular formula is C24H24F6N2O6. The molecule has 1 aliphatic rings. The second kappa shape index (κ2) is 10.9. The zero-order valence-electron chi connectivity index (χ0n) is 20.4. The second-order valence-corrected chi connectivity index (χ2v) is 8.50. The van der Waals surface area contributed by atoms with Crippen LogP contribution >= 0.6 is 0 Å². The molecule has 1 aliphatic heterocycles. The van der Waals surface area contributed by atoms with Crippen molar-refractivity contribution < 1.29 is 55.2 Å². The fraction of sp³-hybridized carbons (Fsp3) is 0.417. The average Bonchev–Trinajstić information content (AvgIpc) is 2.81. The molecule has 0 aliphatic carbocycles. The van der Waals surface area contributed by atoms with Crippen molar-refractivity contribution in [3.8, 4) is 11.5 Å². The van der Waals surface area contributed by atoms with Crippen molar-refractivity contribution in [2.45, 2.75) is 44.2 Å². The number of anilines is 1. The molecule has 0 saturated heterocycles. The van der Waals surface area contributed by atoms with Crippen LogP contribution in [0.2, 0.25) is 0 Å². The highest BCUT2D eigenvalue weighted by Crippen LogP contribution is 2.43. The van der Waals surface area contributed by atoms with E-state index in [1.54, 1.807) is 6.92 Å². The molecule has 3 rings (SSSR count). The molecule has 1 heterocycles. The van der Waals surface area contributed by atoms with Gasteiger partial charge in [0.15, 0.2) is 11.5 Å². The first kappa shape index (κ1) is 28.7. The van der Waals surface area contributed by atoms with Crippen molar-refractivity contribution in [1.29, 1.82) is 0 Å². The highest BCUT2D eigenvalue weighted by molar-refractivity contribution is 5.90. The van der Waals surface area contributed by atoms with Crippen LogP contribution in [-0.4, -0.2) is 44.2 Å². The Morgan fingerprint density at radius 1 is 0.974 bits per heavy atom. The van der Waals surface area contributed by atoms with Crippen LogP contribution < -0.4 is 19.7 Å². The molecule has 2 amide bonds. The summed E-state index contributed by atoms with van der Waals surface area (Å²) in [5.74, 6) is 0.531. The van der Waals surface area contributed by atoms with E-state index in [0.29, 0.717) is 17.7 Å². The Kier molecular flexibility index (Phi) is 8.22. The summed E-state index contributed by atoms with van der Waals surface area (Å²) in [4.78, 5) is 25.4. The Morgan fingerprint density at radius 3 is 2.03 bits per heavy atom. The molecule has 0 bridgehead atoms. The SMILES string of the molecule is COc1cc2c(cc1OC)N(C(=O)O)C(C)CC2NC(=O)OCCc1cc(C(F)(F)F)cc(C(F)(F)F)c1. The summed E-state index contributed by atoms with van der Waals surface area (Å²) >= 11 is 0. The Balaban J connectivity index is 1.76. The molecule has 38 heavy (non-hydrogen) atoms. The topological polar surface area (TPSA) is 97.3 Å². The van der Waals surface area contributed by atoms with Crippen LogP contribution in [-0.2, 0) is 23.5 Å². The summed E-state index contributed by atoms with van der Waals surface area (Å²) in [5, 5.41) is 12.3. The number of carbonyl (C=O) groups is 2. The van der Waals surface area contributed by atoms with Gasteiger partial charge in [0.1, 0.15) is 0 Å². The number of nitrogens with zero attached hydrogens (tertiary/aromatic N) is 1. The lowest BCUT2D eigenvalue weighted by molar-refractivity contribution is -0.143. The summed E-state index contributed by atoms with van der Waals surface area (Å²) in [7, 11) is 2.75. The van der Waals surface area contributed by atoms with Crippen molar-refractivity contribution in [3.05, 3.63) is 52.6 Å². The first-order valence-corrected chi connectivity index (χ1v) is 11.2. The summed E-state index contributed by atoms with van der Waals surface area (Å²) in [6, 6.07) is 2.78. The van der Waals surface area contributed by atoms with Gasteiger partial charge in [-0.25, -0.2) is 9.59 Å². The molecule has 0 radical (unpaired) electrons. The monoisotopic (exact) mass is 550 g/mol. The van der Waals surface area contributed by atoms with E-state index in [2.05, 4.69) is 5.32 Å². The van der Waals surface area contributed by atoms with E-state index < -0.39 is 60.8 Å². The minimum absolute atomic E-state index is 0.0163. The molecule has 2 aromatic carbocycles. The molecule has 2 atom stereocenters. The van der Waals surface area contributed by atoms with Gasteiger partial charge in [-0.05, 0) is 43.2 Å². The Hall–Kier alpha value is -3.84. The first-order valence-electron chi connectivity index (χ1n) is 11.2. The molecule has 2 N–H and O–H groups in total. The van der Waals surface area contributed by atoms with Crippen molar-refractivity contribution in [3.63, 3.8) is 0 Å². The smallest absolute Gasteiger partial charge is 0.416 e. The molecule has 0 saturated carbocycles. The number of nitrogens with one attached hydrogen (secondary N) is 1. The minimum Gasteiger partial charge on any atom is -0.493 e. The van der Waals surface area contributed by atoms with Crippen molar-refractivity contribution >= 4 is 17.9 Å². The lowest BCUT2D eigenvalue weighted by Crippen LogP contribution is -2.46. The van der Waals surface area contributed by atoms with Gasteiger partial charge in [-0.15, -0.1) is 0 Å². The third kappa shape index (κ3) is 6.34. The van der Waals surface area contributed by atoms with E-state index in [9.17, 15) is 41.0 Å². The highest BCUT2D eigenvalue weighted by Gasteiger charge is 2.38. The van der Waals surface area contributed by atoms with Gasteiger partial charge in [-0.1, -0.05) is 0 Å². The third-order valence-corrected chi connectivity index (χ3v) is 5.95. The maximum Gasteiger partial charge on any atom is 0.416 e. The summed E-state index contributed by atoms with van der Waals surface area (Å²) < 4.78 is 93.9. The second-order valence-electron chi connectivity index (χ2n) is 8.50. The van der Waals surface area contributed by atoms with Crippen LogP contribution in [0.3, 0.4) is 0 Å². The van der Waals surface area contributed by atoms with E-state index in [1.807, 2.05) is 0 Å². The van der Waals surface area contributed by atoms with Crippen LogP contribution in [0, 0.1) is 0 Å². The van der Waals surface area contributed by atoms with Crippen molar-refractivity contribution in [2.75, 3.05) is 25.7 Å². The molecule has 0 aromatic heterocycles. The Labute approximate surface area is 213 Å². The fourth-order valence-corrected chi connectivity index (χ4v) is 4.22. The van der Waals surface area contributed by atoms with Gasteiger partial charge < -0.3 is 24.6 Å². The number of amides is 2. The van der Waals surface area contributed by atoms with Gasteiger partial charge >= 0.3 is 24.5 Å². The van der Waals surface area contributed by atoms with E-state index in [4.69, 9.17) is 14.2 Å². The normalized spacial score (nSPS) is 17.4. The number of hydrogen-bond donors (Lipinski definition) is 2. The van der Waals surface area contributed by atoms with Gasteiger partial charge in [0, 0.05) is 24.1 Å². The Morgan fingerprint density at radius 2 is 1.53 bits per heavy atom. The number of ether oxygens (including phenoxy) is 3. The maximum atomic E-state index is 13.1. The van der Waals surface area contributed by atoms with Gasteiger partial charge in [0.05, 0.1) is 43.7 Å². The minimum atomic E-state index is -4.99. The Bertz CT molecular complexity index is 1170. The van der Waals surface area contributed by atoms with Crippen LogP contribution in [0.25, 0.3) is 0 Å². The summed E-state index contributed by atoms with van der Waals surface area (Å²) in [6.07, 6.45) is -12.5. The number of carbonyl (C=O) groups excluding carboxylic acids is 1. The predicted octanol–water partition coefficient (Wildman–Crippen LogP) is 6.03. The van der Waals surface area contributed by atoms with Crippen molar-refractivity contribution in [1.82, 2.24) is 5.32 Å². The standard InChI is InChI=1S/C24H24F6N2O6/c1-12-6-17(16-10-19(36-2)20(37-3)11-18(16)32(12)22(34)35)31-21(33)38-5-4-13-7-14(23(25,26)27)9-15(8-13)24(28,29)30/h7-12,17H,4-6H2,1-3H3,(H,31,33)(H,34,35). The van der Waals surface area contributed by atoms with Crippen LogP contribution in [0.5, 0.6) is 11.5 Å². The average molecular weight is 550 g/mol. The molecule has 2 aromatic rings. The number of rotatable bonds is 6. The molecule has 0 spiro atoms. The lowest BCUT2D eigenvalue weighted by atomic mass is 9.91. The number of methoxy groups -OCH3 is 2. The first-order chi connectivity index (χ1) is 17.6.